The van der Waals surface area contributed by atoms with Gasteiger partial charge in [0.25, 0.3) is 0 Å². The number of aliphatic imine (C=N–C) groups is 1. The molecule has 2 aliphatic rings. The van der Waals surface area contributed by atoms with Crippen molar-refractivity contribution in [3.63, 3.8) is 0 Å². The highest BCUT2D eigenvalue weighted by Crippen LogP contribution is 2.36. The van der Waals surface area contributed by atoms with Crippen LogP contribution in [0.25, 0.3) is 0 Å². The highest BCUT2D eigenvalue weighted by atomic mass is 35.5. The summed E-state index contributed by atoms with van der Waals surface area (Å²) in [4.78, 5) is 19.6. The molecule has 0 radical (unpaired) electrons. The van der Waals surface area contributed by atoms with Crippen LogP contribution in [0, 0.1) is 0 Å². The quantitative estimate of drug-likeness (QED) is 0.763. The maximum atomic E-state index is 13.0. The molecule has 1 heterocycles. The Hall–Kier alpha value is -1.20. The van der Waals surface area contributed by atoms with Crippen LogP contribution in [0.2, 0.25) is 5.02 Å². The van der Waals surface area contributed by atoms with Crippen molar-refractivity contribution in [2.45, 2.75) is 56.7 Å². The van der Waals surface area contributed by atoms with Gasteiger partial charge < -0.3 is 5.32 Å². The summed E-state index contributed by atoms with van der Waals surface area (Å²) < 4.78 is 0.0542. The molecule has 0 saturated heterocycles. The van der Waals surface area contributed by atoms with E-state index in [1.54, 1.807) is 23.9 Å². The predicted molar refractivity (Wildman–Crippen MR) is 103 cm³/mol. The first-order chi connectivity index (χ1) is 11.4. The largest absolute Gasteiger partial charge is 0.328 e. The van der Waals surface area contributed by atoms with E-state index in [0.717, 1.165) is 30.2 Å². The summed E-state index contributed by atoms with van der Waals surface area (Å²) in [6.45, 7) is 5.09. The number of amides is 2. The Morgan fingerprint density at radius 3 is 2.71 bits per heavy atom. The van der Waals surface area contributed by atoms with E-state index >= 15 is 0 Å². The van der Waals surface area contributed by atoms with Crippen molar-refractivity contribution in [2.24, 2.45) is 4.99 Å². The fraction of sp³-hybridized carbons (Fsp3) is 0.556. The minimum atomic E-state index is -0.104. The van der Waals surface area contributed by atoms with Crippen LogP contribution in [0.3, 0.4) is 0 Å². The monoisotopic (exact) mass is 365 g/mol. The van der Waals surface area contributed by atoms with E-state index in [2.05, 4.69) is 24.2 Å². The first-order valence-corrected chi connectivity index (χ1v) is 9.73. The summed E-state index contributed by atoms with van der Waals surface area (Å²) in [5.41, 5.74) is 0.719. The van der Waals surface area contributed by atoms with E-state index in [0.29, 0.717) is 5.02 Å². The number of amidine groups is 1. The molecule has 2 amide bonds. The highest BCUT2D eigenvalue weighted by molar-refractivity contribution is 8.15. The second-order valence-electron chi connectivity index (χ2n) is 7.06. The Kier molecular flexibility index (Phi) is 5.40. The smallest absolute Gasteiger partial charge is 0.307 e. The lowest BCUT2D eigenvalue weighted by molar-refractivity contribution is 0.209. The Balaban J connectivity index is 1.79. The Labute approximate surface area is 153 Å². The van der Waals surface area contributed by atoms with E-state index in [1.165, 1.54) is 19.3 Å². The second kappa shape index (κ2) is 7.36. The molecule has 1 aromatic rings. The molecule has 3 rings (SSSR count). The van der Waals surface area contributed by atoms with Crippen LogP contribution in [-0.2, 0) is 0 Å². The van der Waals surface area contributed by atoms with Crippen molar-refractivity contribution in [3.8, 4) is 0 Å². The van der Waals surface area contributed by atoms with E-state index < -0.39 is 0 Å². The van der Waals surface area contributed by atoms with Crippen molar-refractivity contribution in [3.05, 3.63) is 29.3 Å². The van der Waals surface area contributed by atoms with Crippen molar-refractivity contribution < 1.29 is 4.79 Å². The normalized spacial score (nSPS) is 20.5. The number of nitrogens with zero attached hydrogens (tertiary/aromatic N) is 2. The van der Waals surface area contributed by atoms with Crippen LogP contribution in [0.4, 0.5) is 10.5 Å². The van der Waals surface area contributed by atoms with Gasteiger partial charge in [0.05, 0.1) is 6.54 Å². The molecule has 1 fully saturated rings. The molecule has 0 aromatic heterocycles. The number of carbonyl (C=O) groups excluding carboxylic acids is 1. The van der Waals surface area contributed by atoms with Gasteiger partial charge in [-0.1, -0.05) is 48.7 Å². The molecule has 0 atom stereocenters. The first kappa shape index (κ1) is 17.6. The van der Waals surface area contributed by atoms with E-state index in [4.69, 9.17) is 11.6 Å². The van der Waals surface area contributed by atoms with E-state index in [1.807, 2.05) is 17.0 Å². The molecule has 1 N–H and O–H groups in total. The van der Waals surface area contributed by atoms with E-state index in [-0.39, 0.29) is 16.8 Å². The first-order valence-electron chi connectivity index (χ1n) is 8.54. The highest BCUT2D eigenvalue weighted by Gasteiger charge is 2.36. The van der Waals surface area contributed by atoms with Crippen molar-refractivity contribution in [2.75, 3.05) is 11.9 Å². The van der Waals surface area contributed by atoms with Crippen LogP contribution >= 0.6 is 23.4 Å². The fourth-order valence-electron chi connectivity index (χ4n) is 3.19. The zero-order valence-electron chi connectivity index (χ0n) is 14.2. The van der Waals surface area contributed by atoms with Gasteiger partial charge in [-0.25, -0.2) is 4.79 Å². The summed E-state index contributed by atoms with van der Waals surface area (Å²) in [5, 5.41) is 4.46. The molecule has 1 saturated carbocycles. The van der Waals surface area contributed by atoms with Gasteiger partial charge in [0.15, 0.2) is 5.17 Å². The average molecular weight is 366 g/mol. The lowest BCUT2D eigenvalue weighted by Crippen LogP contribution is -2.46. The SMILES string of the molecule is CC1(C)CN=C(N(C(=O)Nc2cccc(Cl)c2)C2CCCCC2)S1. The van der Waals surface area contributed by atoms with Gasteiger partial charge in [-0.2, -0.15) is 0 Å². The molecule has 24 heavy (non-hydrogen) atoms. The number of halogens is 1. The zero-order chi connectivity index (χ0) is 17.2. The molecule has 0 spiro atoms. The van der Waals surface area contributed by atoms with Crippen LogP contribution in [-0.4, -0.2) is 33.4 Å². The maximum Gasteiger partial charge on any atom is 0.328 e. The number of urea groups is 1. The summed E-state index contributed by atoms with van der Waals surface area (Å²) in [5.74, 6) is 0. The van der Waals surface area contributed by atoms with Crippen molar-refractivity contribution in [1.29, 1.82) is 0 Å². The van der Waals surface area contributed by atoms with Crippen molar-refractivity contribution in [1.82, 2.24) is 4.90 Å². The molecular formula is C18H24ClN3OS. The standard InChI is InChI=1S/C18H24ClN3OS/c1-18(2)12-20-17(24-18)22(15-9-4-3-5-10-15)16(23)21-14-8-6-7-13(19)11-14/h6-8,11,15H,3-5,9-10,12H2,1-2H3,(H,21,23). The molecule has 6 heteroatoms. The third kappa shape index (κ3) is 4.25. The number of hydrogen-bond donors (Lipinski definition) is 1. The van der Waals surface area contributed by atoms with Gasteiger partial charge in [-0.3, -0.25) is 9.89 Å². The summed E-state index contributed by atoms with van der Waals surface area (Å²) >= 11 is 7.73. The Bertz CT molecular complexity index is 641. The molecule has 1 aliphatic heterocycles. The number of hydrogen-bond acceptors (Lipinski definition) is 3. The number of rotatable bonds is 2. The Morgan fingerprint density at radius 2 is 2.08 bits per heavy atom. The summed E-state index contributed by atoms with van der Waals surface area (Å²) in [7, 11) is 0. The molecule has 1 aliphatic carbocycles. The number of carbonyl (C=O) groups is 1. The summed E-state index contributed by atoms with van der Waals surface area (Å²) in [6, 6.07) is 7.40. The van der Waals surface area contributed by atoms with Gasteiger partial charge in [-0.15, -0.1) is 0 Å². The molecular weight excluding hydrogens is 342 g/mol. The van der Waals surface area contributed by atoms with Gasteiger partial charge in [0.2, 0.25) is 0 Å². The lowest BCUT2D eigenvalue weighted by Gasteiger charge is -2.34. The molecule has 0 bridgehead atoms. The number of benzene rings is 1. The molecule has 130 valence electrons. The maximum absolute atomic E-state index is 13.0. The van der Waals surface area contributed by atoms with Crippen LogP contribution in [0.15, 0.2) is 29.3 Å². The number of nitrogens with one attached hydrogen (secondary N) is 1. The van der Waals surface area contributed by atoms with Gasteiger partial charge in [0.1, 0.15) is 0 Å². The van der Waals surface area contributed by atoms with Gasteiger partial charge in [-0.05, 0) is 44.9 Å². The second-order valence-corrected chi connectivity index (χ2v) is 9.17. The van der Waals surface area contributed by atoms with Crippen LogP contribution < -0.4 is 5.32 Å². The van der Waals surface area contributed by atoms with Crippen LogP contribution in [0.1, 0.15) is 46.0 Å². The molecule has 1 aromatic carbocycles. The minimum Gasteiger partial charge on any atom is -0.307 e. The summed E-state index contributed by atoms with van der Waals surface area (Å²) in [6.07, 6.45) is 5.69. The average Bonchev–Trinajstić information content (AvgIpc) is 2.88. The fourth-order valence-corrected chi connectivity index (χ4v) is 4.47. The molecule has 4 nitrogen and oxygen atoms in total. The van der Waals surface area contributed by atoms with Gasteiger partial charge in [0, 0.05) is 21.5 Å². The Morgan fingerprint density at radius 1 is 1.33 bits per heavy atom. The van der Waals surface area contributed by atoms with Crippen LogP contribution in [0.5, 0.6) is 0 Å². The third-order valence-electron chi connectivity index (χ3n) is 4.40. The minimum absolute atomic E-state index is 0.0542. The number of anilines is 1. The van der Waals surface area contributed by atoms with E-state index in [9.17, 15) is 4.79 Å². The van der Waals surface area contributed by atoms with Gasteiger partial charge >= 0.3 is 6.03 Å². The predicted octanol–water partition coefficient (Wildman–Crippen LogP) is 5.39. The zero-order valence-corrected chi connectivity index (χ0v) is 15.8. The molecule has 0 unspecified atom stereocenters. The number of thioether (sulfide) groups is 1. The third-order valence-corrected chi connectivity index (χ3v) is 5.83. The lowest BCUT2D eigenvalue weighted by atomic mass is 9.94. The topological polar surface area (TPSA) is 44.7 Å². The van der Waals surface area contributed by atoms with Crippen molar-refractivity contribution >= 4 is 40.2 Å².